The van der Waals surface area contributed by atoms with E-state index in [1.165, 1.54) is 0 Å². The Morgan fingerprint density at radius 3 is 2.61 bits per heavy atom. The Morgan fingerprint density at radius 2 is 1.89 bits per heavy atom. The molecule has 4 atom stereocenters. The minimum Gasteiger partial charge on any atom is -0.496 e. The molecule has 4 rings (SSSR count). The van der Waals surface area contributed by atoms with Crippen molar-refractivity contribution >= 4 is 51.1 Å². The van der Waals surface area contributed by atoms with Crippen LogP contribution in [0, 0.1) is 5.92 Å². The van der Waals surface area contributed by atoms with E-state index in [0.717, 1.165) is 11.1 Å². The molecule has 0 spiro atoms. The van der Waals surface area contributed by atoms with Crippen LogP contribution in [-0.2, 0) is 14.3 Å². The van der Waals surface area contributed by atoms with Crippen molar-refractivity contribution in [3.63, 3.8) is 0 Å². The van der Waals surface area contributed by atoms with Crippen molar-refractivity contribution < 1.29 is 23.8 Å². The Hall–Kier alpha value is -2.00. The number of alkyl halides is 1. The molecule has 2 aliphatic rings. The standard InChI is InChI=1S/C26H29BrCl2N2O5/c1-34-22-14-18(29)6-7-19(22)20-8-9-26(31-25(33)36-13-12-35-11-10-27)21(15-30-24(26)32)23(20)16-2-4-17(28)5-3-16/h2-7,14,20-21,23H,8-13,15H2,1H3,(H,30,32)(H,31,33). The van der Waals surface area contributed by atoms with E-state index in [4.69, 9.17) is 37.4 Å². The number of amides is 2. The normalized spacial score (nSPS) is 25.1. The quantitative estimate of drug-likeness (QED) is 0.302. The van der Waals surface area contributed by atoms with Gasteiger partial charge in [-0.05, 0) is 60.1 Å². The monoisotopic (exact) mass is 598 g/mol. The van der Waals surface area contributed by atoms with Gasteiger partial charge in [-0.15, -0.1) is 0 Å². The second kappa shape index (κ2) is 12.0. The van der Waals surface area contributed by atoms with Crippen LogP contribution in [-0.4, -0.2) is 56.3 Å². The molecule has 10 heteroatoms. The van der Waals surface area contributed by atoms with Gasteiger partial charge in [-0.1, -0.05) is 57.3 Å². The van der Waals surface area contributed by atoms with Gasteiger partial charge in [0.1, 0.15) is 17.9 Å². The first-order valence-electron chi connectivity index (χ1n) is 11.9. The lowest BCUT2D eigenvalue weighted by atomic mass is 9.60. The van der Waals surface area contributed by atoms with Crippen LogP contribution >= 0.6 is 39.1 Å². The van der Waals surface area contributed by atoms with Crippen LogP contribution in [0.3, 0.4) is 0 Å². The molecule has 2 amide bonds. The molecule has 2 aromatic carbocycles. The van der Waals surface area contributed by atoms with Crippen LogP contribution in [0.4, 0.5) is 4.79 Å². The number of fused-ring (bicyclic) bond motifs is 1. The van der Waals surface area contributed by atoms with Gasteiger partial charge in [0.15, 0.2) is 0 Å². The molecule has 2 aromatic rings. The predicted molar refractivity (Wildman–Crippen MR) is 142 cm³/mol. The smallest absolute Gasteiger partial charge is 0.408 e. The van der Waals surface area contributed by atoms with E-state index in [-0.39, 0.29) is 36.9 Å². The third kappa shape index (κ3) is 5.62. The van der Waals surface area contributed by atoms with Crippen molar-refractivity contribution in [3.8, 4) is 5.75 Å². The molecule has 0 bridgehead atoms. The summed E-state index contributed by atoms with van der Waals surface area (Å²) in [5.41, 5.74) is 0.959. The summed E-state index contributed by atoms with van der Waals surface area (Å²) in [5.74, 6) is 0.211. The van der Waals surface area contributed by atoms with Crippen LogP contribution in [0.15, 0.2) is 42.5 Å². The van der Waals surface area contributed by atoms with Gasteiger partial charge in [0, 0.05) is 27.8 Å². The molecule has 1 saturated carbocycles. The molecule has 2 fully saturated rings. The Labute approximate surface area is 229 Å². The maximum atomic E-state index is 13.2. The van der Waals surface area contributed by atoms with Crippen molar-refractivity contribution in [1.29, 1.82) is 0 Å². The summed E-state index contributed by atoms with van der Waals surface area (Å²) in [5, 5.41) is 7.86. The Balaban J connectivity index is 1.66. The molecule has 1 aliphatic carbocycles. The fourth-order valence-electron chi connectivity index (χ4n) is 5.55. The number of carbonyl (C=O) groups excluding carboxylic acids is 2. The fourth-order valence-corrected chi connectivity index (χ4v) is 6.07. The van der Waals surface area contributed by atoms with Gasteiger partial charge in [0.05, 0.1) is 20.3 Å². The summed E-state index contributed by atoms with van der Waals surface area (Å²) in [6.45, 7) is 1.34. The summed E-state index contributed by atoms with van der Waals surface area (Å²) < 4.78 is 16.4. The molecular weight excluding hydrogens is 571 g/mol. The summed E-state index contributed by atoms with van der Waals surface area (Å²) in [7, 11) is 1.62. The van der Waals surface area contributed by atoms with Crippen molar-refractivity contribution in [2.45, 2.75) is 30.2 Å². The summed E-state index contributed by atoms with van der Waals surface area (Å²) >= 11 is 15.7. The lowest BCUT2D eigenvalue weighted by molar-refractivity contribution is -0.126. The number of alkyl carbamates (subject to hydrolysis) is 1. The first-order valence-corrected chi connectivity index (χ1v) is 13.7. The molecular formula is C26H29BrCl2N2O5. The van der Waals surface area contributed by atoms with E-state index in [0.29, 0.717) is 47.1 Å². The minimum absolute atomic E-state index is 0.0275. The highest BCUT2D eigenvalue weighted by molar-refractivity contribution is 9.09. The van der Waals surface area contributed by atoms with Crippen LogP contribution < -0.4 is 15.4 Å². The van der Waals surface area contributed by atoms with Crippen molar-refractivity contribution in [1.82, 2.24) is 10.6 Å². The number of nitrogens with one attached hydrogen (secondary N) is 2. The molecule has 1 saturated heterocycles. The third-order valence-electron chi connectivity index (χ3n) is 7.09. The first kappa shape index (κ1) is 27.0. The number of methoxy groups -OCH3 is 1. The van der Waals surface area contributed by atoms with Crippen LogP contribution in [0.5, 0.6) is 5.75 Å². The van der Waals surface area contributed by atoms with Crippen LogP contribution in [0.1, 0.15) is 35.8 Å². The molecule has 1 heterocycles. The number of ether oxygens (including phenoxy) is 3. The summed E-state index contributed by atoms with van der Waals surface area (Å²) in [6, 6.07) is 13.3. The summed E-state index contributed by atoms with van der Waals surface area (Å²) in [4.78, 5) is 26.0. The van der Waals surface area contributed by atoms with E-state index < -0.39 is 11.6 Å². The number of benzene rings is 2. The number of carbonyl (C=O) groups is 2. The maximum Gasteiger partial charge on any atom is 0.408 e. The zero-order chi connectivity index (χ0) is 25.7. The fraction of sp³-hybridized carbons (Fsp3) is 0.462. The average molecular weight is 600 g/mol. The zero-order valence-corrected chi connectivity index (χ0v) is 23.0. The lowest BCUT2D eigenvalue weighted by Gasteiger charge is -2.46. The van der Waals surface area contributed by atoms with E-state index >= 15 is 0 Å². The van der Waals surface area contributed by atoms with Gasteiger partial charge < -0.3 is 24.8 Å². The summed E-state index contributed by atoms with van der Waals surface area (Å²) in [6.07, 6.45) is 0.472. The number of hydrogen-bond acceptors (Lipinski definition) is 5. The van der Waals surface area contributed by atoms with Gasteiger partial charge in [-0.25, -0.2) is 4.79 Å². The SMILES string of the molecule is COc1cc(Cl)ccc1C1CCC2(NC(=O)OCCOCCBr)C(=O)NCC2C1c1ccc(Cl)cc1. The molecule has 7 nitrogen and oxygen atoms in total. The average Bonchev–Trinajstić information content (AvgIpc) is 3.19. The molecule has 36 heavy (non-hydrogen) atoms. The second-order valence-electron chi connectivity index (χ2n) is 8.96. The molecule has 2 N–H and O–H groups in total. The van der Waals surface area contributed by atoms with Crippen molar-refractivity contribution in [3.05, 3.63) is 63.6 Å². The second-order valence-corrected chi connectivity index (χ2v) is 10.6. The molecule has 194 valence electrons. The topological polar surface area (TPSA) is 85.9 Å². The highest BCUT2D eigenvalue weighted by Crippen LogP contribution is 2.54. The largest absolute Gasteiger partial charge is 0.496 e. The van der Waals surface area contributed by atoms with Gasteiger partial charge in [0.25, 0.3) is 0 Å². The van der Waals surface area contributed by atoms with Gasteiger partial charge in [-0.2, -0.15) is 0 Å². The Kier molecular flexibility index (Phi) is 9.04. The van der Waals surface area contributed by atoms with E-state index in [1.807, 2.05) is 42.5 Å². The third-order valence-corrected chi connectivity index (χ3v) is 7.91. The minimum atomic E-state index is -1.09. The number of halogens is 3. The van der Waals surface area contributed by atoms with Gasteiger partial charge >= 0.3 is 6.09 Å². The van der Waals surface area contributed by atoms with Crippen molar-refractivity contribution in [2.75, 3.05) is 38.8 Å². The van der Waals surface area contributed by atoms with Crippen LogP contribution in [0.25, 0.3) is 0 Å². The maximum absolute atomic E-state index is 13.2. The van der Waals surface area contributed by atoms with E-state index in [9.17, 15) is 9.59 Å². The lowest BCUT2D eigenvalue weighted by Crippen LogP contribution is -2.61. The van der Waals surface area contributed by atoms with Gasteiger partial charge in [0.2, 0.25) is 5.91 Å². The number of rotatable bonds is 9. The van der Waals surface area contributed by atoms with Crippen molar-refractivity contribution in [2.24, 2.45) is 5.92 Å². The first-order chi connectivity index (χ1) is 17.4. The molecule has 4 unspecified atom stereocenters. The van der Waals surface area contributed by atoms with E-state index in [2.05, 4.69) is 26.6 Å². The molecule has 0 radical (unpaired) electrons. The zero-order valence-electron chi connectivity index (χ0n) is 19.9. The molecule has 0 aromatic heterocycles. The molecule has 1 aliphatic heterocycles. The highest BCUT2D eigenvalue weighted by Gasteiger charge is 2.59. The Morgan fingerprint density at radius 1 is 1.14 bits per heavy atom. The van der Waals surface area contributed by atoms with Crippen LogP contribution in [0.2, 0.25) is 10.0 Å². The Bertz CT molecular complexity index is 1090. The number of hydrogen-bond donors (Lipinski definition) is 2. The highest BCUT2D eigenvalue weighted by atomic mass is 79.9. The van der Waals surface area contributed by atoms with Gasteiger partial charge in [-0.3, -0.25) is 4.79 Å². The van der Waals surface area contributed by atoms with E-state index in [1.54, 1.807) is 7.11 Å². The predicted octanol–water partition coefficient (Wildman–Crippen LogP) is 5.29.